The molecule has 0 saturated heterocycles. The molecule has 1 aromatic heterocycles. The summed E-state index contributed by atoms with van der Waals surface area (Å²) in [6.45, 7) is 2.70. The molecule has 1 heterocycles. The van der Waals surface area contributed by atoms with Crippen LogP contribution in [0.15, 0.2) is 30.6 Å². The summed E-state index contributed by atoms with van der Waals surface area (Å²) in [5, 5.41) is 6.86. The van der Waals surface area contributed by atoms with Gasteiger partial charge in [0.15, 0.2) is 0 Å². The summed E-state index contributed by atoms with van der Waals surface area (Å²) in [7, 11) is 0. The lowest BCUT2D eigenvalue weighted by Crippen LogP contribution is -2.25. The Morgan fingerprint density at radius 1 is 1.14 bits per heavy atom. The maximum atomic E-state index is 11.8. The molecule has 116 valence electrons. The van der Waals surface area contributed by atoms with E-state index in [1.54, 1.807) is 18.2 Å². The average Bonchev–Trinajstić information content (AvgIpc) is 2.47. The van der Waals surface area contributed by atoms with Crippen molar-refractivity contribution in [1.29, 1.82) is 0 Å². The van der Waals surface area contributed by atoms with Gasteiger partial charge in [0.05, 0.1) is 12.4 Å². The molecular weight excluding hydrogens is 323 g/mol. The zero-order valence-electron chi connectivity index (χ0n) is 12.1. The first-order valence-electron chi connectivity index (χ1n) is 6.92. The molecule has 0 atom stereocenters. The van der Waals surface area contributed by atoms with E-state index in [1.165, 1.54) is 12.4 Å². The lowest BCUT2D eigenvalue weighted by Gasteiger charge is -2.07. The second kappa shape index (κ2) is 7.96. The minimum absolute atomic E-state index is 0.224. The van der Waals surface area contributed by atoms with Crippen molar-refractivity contribution in [2.24, 2.45) is 0 Å². The van der Waals surface area contributed by atoms with Crippen molar-refractivity contribution < 1.29 is 4.79 Å². The summed E-state index contributed by atoms with van der Waals surface area (Å²) >= 11 is 11.9. The van der Waals surface area contributed by atoms with E-state index in [-0.39, 0.29) is 11.6 Å². The molecule has 22 heavy (non-hydrogen) atoms. The quantitative estimate of drug-likeness (QED) is 0.779. The Labute approximate surface area is 139 Å². The number of benzene rings is 1. The summed E-state index contributed by atoms with van der Waals surface area (Å²) < 4.78 is 0. The second-order valence-electron chi connectivity index (χ2n) is 4.68. The molecule has 0 radical (unpaired) electrons. The van der Waals surface area contributed by atoms with E-state index < -0.39 is 0 Å². The molecule has 2 aromatic rings. The number of hydrogen-bond donors (Lipinski definition) is 2. The lowest BCUT2D eigenvalue weighted by molar-refractivity contribution is 0.0948. The summed E-state index contributed by atoms with van der Waals surface area (Å²) in [6.07, 6.45) is 4.88. The van der Waals surface area contributed by atoms with E-state index in [0.29, 0.717) is 28.1 Å². The van der Waals surface area contributed by atoms with Crippen LogP contribution >= 0.6 is 23.2 Å². The van der Waals surface area contributed by atoms with Crippen LogP contribution in [0, 0.1) is 0 Å². The van der Waals surface area contributed by atoms with Crippen LogP contribution in [0.25, 0.3) is 0 Å². The molecule has 5 nitrogen and oxygen atoms in total. The zero-order valence-corrected chi connectivity index (χ0v) is 13.6. The molecular formula is C15H16Cl2N4O. The van der Waals surface area contributed by atoms with Gasteiger partial charge in [-0.15, -0.1) is 0 Å². The number of nitrogens with one attached hydrogen (secondary N) is 2. The largest absolute Gasteiger partial charge is 0.351 e. The van der Waals surface area contributed by atoms with E-state index in [0.717, 1.165) is 12.8 Å². The summed E-state index contributed by atoms with van der Waals surface area (Å²) in [6, 6.07) is 5.09. The standard InChI is InChI=1S/C15H16Cl2N4O/c1-2-3-4-18-15(22)13-8-20-14(9-19-13)21-12-6-10(16)5-11(17)7-12/h5-9H,2-4H2,1H3,(H,18,22)(H,20,21). The fourth-order valence-corrected chi connectivity index (χ4v) is 2.28. The predicted octanol–water partition coefficient (Wildman–Crippen LogP) is 4.06. The molecule has 7 heteroatoms. The van der Waals surface area contributed by atoms with Crippen LogP contribution in [-0.2, 0) is 0 Å². The van der Waals surface area contributed by atoms with Gasteiger partial charge < -0.3 is 10.6 Å². The van der Waals surface area contributed by atoms with E-state index in [1.807, 2.05) is 0 Å². The summed E-state index contributed by atoms with van der Waals surface area (Å²) in [4.78, 5) is 20.1. The van der Waals surface area contributed by atoms with Crippen LogP contribution in [0.1, 0.15) is 30.3 Å². The topological polar surface area (TPSA) is 66.9 Å². The first-order chi connectivity index (χ1) is 10.6. The van der Waals surface area contributed by atoms with Gasteiger partial charge in [-0.05, 0) is 24.6 Å². The van der Waals surface area contributed by atoms with Crippen molar-refractivity contribution in [2.75, 3.05) is 11.9 Å². The van der Waals surface area contributed by atoms with Crippen LogP contribution < -0.4 is 10.6 Å². The van der Waals surface area contributed by atoms with Gasteiger partial charge >= 0.3 is 0 Å². The second-order valence-corrected chi connectivity index (χ2v) is 5.55. The van der Waals surface area contributed by atoms with E-state index in [9.17, 15) is 4.79 Å². The summed E-state index contributed by atoms with van der Waals surface area (Å²) in [5.74, 6) is 0.279. The van der Waals surface area contributed by atoms with Gasteiger partial charge in [0.25, 0.3) is 5.91 Å². The lowest BCUT2D eigenvalue weighted by atomic mass is 10.3. The van der Waals surface area contributed by atoms with E-state index in [2.05, 4.69) is 27.5 Å². The molecule has 0 fully saturated rings. The van der Waals surface area contributed by atoms with Gasteiger partial charge in [-0.3, -0.25) is 4.79 Å². The normalized spacial score (nSPS) is 10.3. The maximum Gasteiger partial charge on any atom is 0.271 e. The van der Waals surface area contributed by atoms with Crippen LogP contribution in [-0.4, -0.2) is 22.4 Å². The monoisotopic (exact) mass is 338 g/mol. The Morgan fingerprint density at radius 2 is 1.86 bits per heavy atom. The molecule has 2 rings (SSSR count). The number of halogens is 2. The molecule has 0 aliphatic rings. The van der Waals surface area contributed by atoms with Crippen LogP contribution in [0.2, 0.25) is 10.0 Å². The fraction of sp³-hybridized carbons (Fsp3) is 0.267. The third kappa shape index (κ3) is 4.86. The number of carbonyl (C=O) groups excluding carboxylic acids is 1. The van der Waals surface area contributed by atoms with Gasteiger partial charge in [0.2, 0.25) is 0 Å². The zero-order chi connectivity index (χ0) is 15.9. The average molecular weight is 339 g/mol. The number of unbranched alkanes of at least 4 members (excludes halogenated alkanes) is 1. The Morgan fingerprint density at radius 3 is 2.45 bits per heavy atom. The highest BCUT2D eigenvalue weighted by atomic mass is 35.5. The van der Waals surface area contributed by atoms with Gasteiger partial charge in [-0.1, -0.05) is 36.5 Å². The molecule has 0 saturated carbocycles. The number of amides is 1. The van der Waals surface area contributed by atoms with Crippen LogP contribution in [0.5, 0.6) is 0 Å². The molecule has 1 amide bonds. The minimum Gasteiger partial charge on any atom is -0.351 e. The molecule has 0 aliphatic heterocycles. The first kappa shape index (κ1) is 16.5. The van der Waals surface area contributed by atoms with Gasteiger partial charge in [-0.2, -0.15) is 0 Å². The number of rotatable bonds is 6. The van der Waals surface area contributed by atoms with Crippen molar-refractivity contribution >= 4 is 40.6 Å². The number of anilines is 2. The predicted molar refractivity (Wildman–Crippen MR) is 89.0 cm³/mol. The highest BCUT2D eigenvalue weighted by Crippen LogP contribution is 2.24. The first-order valence-corrected chi connectivity index (χ1v) is 7.67. The van der Waals surface area contributed by atoms with Crippen molar-refractivity contribution in [3.8, 4) is 0 Å². The Kier molecular flexibility index (Phi) is 5.98. The molecule has 2 N–H and O–H groups in total. The highest BCUT2D eigenvalue weighted by molar-refractivity contribution is 6.35. The Bertz CT molecular complexity index is 626. The Balaban J connectivity index is 2.01. The summed E-state index contributed by atoms with van der Waals surface area (Å²) in [5.41, 5.74) is 0.984. The highest BCUT2D eigenvalue weighted by Gasteiger charge is 2.07. The van der Waals surface area contributed by atoms with Crippen molar-refractivity contribution in [1.82, 2.24) is 15.3 Å². The minimum atomic E-state index is -0.224. The number of carbonyl (C=O) groups is 1. The van der Waals surface area contributed by atoms with Crippen LogP contribution in [0.3, 0.4) is 0 Å². The third-order valence-corrected chi connectivity index (χ3v) is 3.27. The van der Waals surface area contributed by atoms with Crippen LogP contribution in [0.4, 0.5) is 11.5 Å². The van der Waals surface area contributed by atoms with Crippen molar-refractivity contribution in [3.05, 3.63) is 46.3 Å². The third-order valence-electron chi connectivity index (χ3n) is 2.84. The van der Waals surface area contributed by atoms with Crippen molar-refractivity contribution in [2.45, 2.75) is 19.8 Å². The van der Waals surface area contributed by atoms with Crippen molar-refractivity contribution in [3.63, 3.8) is 0 Å². The number of hydrogen-bond acceptors (Lipinski definition) is 4. The molecule has 0 bridgehead atoms. The van der Waals surface area contributed by atoms with Gasteiger partial charge in [0, 0.05) is 22.3 Å². The van der Waals surface area contributed by atoms with Gasteiger partial charge in [0.1, 0.15) is 11.5 Å². The fourth-order valence-electron chi connectivity index (χ4n) is 1.75. The van der Waals surface area contributed by atoms with E-state index >= 15 is 0 Å². The van der Waals surface area contributed by atoms with E-state index in [4.69, 9.17) is 23.2 Å². The SMILES string of the molecule is CCCCNC(=O)c1cnc(Nc2cc(Cl)cc(Cl)c2)cn1. The molecule has 1 aromatic carbocycles. The Hall–Kier alpha value is -1.85. The molecule has 0 spiro atoms. The van der Waals surface area contributed by atoms with Gasteiger partial charge in [-0.25, -0.2) is 9.97 Å². The molecule has 0 aliphatic carbocycles. The number of nitrogens with zero attached hydrogens (tertiary/aromatic N) is 2. The number of aromatic nitrogens is 2. The molecule has 0 unspecified atom stereocenters. The maximum absolute atomic E-state index is 11.8. The smallest absolute Gasteiger partial charge is 0.271 e.